The lowest BCUT2D eigenvalue weighted by Crippen LogP contribution is -2.20. The molecule has 1 N–H and O–H groups in total. The number of benzene rings is 2. The van der Waals surface area contributed by atoms with Crippen molar-refractivity contribution in [3.63, 3.8) is 0 Å². The predicted octanol–water partition coefficient (Wildman–Crippen LogP) is 4.80. The maximum atomic E-state index is 6.39. The Bertz CT molecular complexity index is 953. The highest BCUT2D eigenvalue weighted by molar-refractivity contribution is 9.10. The SMILES string of the molecule is Clc1ccc(C2C=C(c3cccc(Br)c3)Nc3nnnn32)c(Cl)c1. The highest BCUT2D eigenvalue weighted by atomic mass is 79.9. The molecule has 0 radical (unpaired) electrons. The van der Waals surface area contributed by atoms with Gasteiger partial charge >= 0.3 is 0 Å². The number of rotatable bonds is 2. The monoisotopic (exact) mass is 421 g/mol. The van der Waals surface area contributed by atoms with Gasteiger partial charge in [0.2, 0.25) is 5.95 Å². The third kappa shape index (κ3) is 2.81. The Labute approximate surface area is 156 Å². The molecule has 2 aromatic carbocycles. The normalized spacial score (nSPS) is 16.3. The molecule has 24 heavy (non-hydrogen) atoms. The van der Waals surface area contributed by atoms with E-state index in [-0.39, 0.29) is 6.04 Å². The number of nitrogens with one attached hydrogen (secondary N) is 1. The van der Waals surface area contributed by atoms with Crippen molar-refractivity contribution in [1.82, 2.24) is 20.2 Å². The van der Waals surface area contributed by atoms with E-state index in [1.54, 1.807) is 16.8 Å². The zero-order valence-electron chi connectivity index (χ0n) is 12.1. The second-order valence-corrected chi connectivity index (χ2v) is 7.03. The highest BCUT2D eigenvalue weighted by Gasteiger charge is 2.26. The Balaban J connectivity index is 1.85. The topological polar surface area (TPSA) is 55.6 Å². The molecule has 1 aromatic heterocycles. The first-order valence-electron chi connectivity index (χ1n) is 7.09. The molecule has 0 spiro atoms. The van der Waals surface area contributed by atoms with Gasteiger partial charge in [0.05, 0.1) is 0 Å². The maximum Gasteiger partial charge on any atom is 0.248 e. The van der Waals surface area contributed by atoms with Crippen LogP contribution in [0.4, 0.5) is 5.95 Å². The van der Waals surface area contributed by atoms with Crippen LogP contribution in [0.1, 0.15) is 17.2 Å². The summed E-state index contributed by atoms with van der Waals surface area (Å²) >= 11 is 15.9. The van der Waals surface area contributed by atoms with Gasteiger partial charge in [-0.3, -0.25) is 0 Å². The van der Waals surface area contributed by atoms with Gasteiger partial charge in [0.15, 0.2) is 0 Å². The van der Waals surface area contributed by atoms with E-state index in [0.29, 0.717) is 16.0 Å². The largest absolute Gasteiger partial charge is 0.323 e. The molecule has 1 aliphatic rings. The minimum atomic E-state index is -0.227. The van der Waals surface area contributed by atoms with E-state index in [2.05, 4.69) is 36.8 Å². The van der Waals surface area contributed by atoms with Crippen molar-refractivity contribution in [2.24, 2.45) is 0 Å². The molecule has 5 nitrogen and oxygen atoms in total. The van der Waals surface area contributed by atoms with Gasteiger partial charge in [-0.05, 0) is 51.9 Å². The van der Waals surface area contributed by atoms with Gasteiger partial charge in [-0.1, -0.05) is 62.4 Å². The minimum Gasteiger partial charge on any atom is -0.323 e. The van der Waals surface area contributed by atoms with Gasteiger partial charge in [-0.2, -0.15) is 4.68 Å². The lowest BCUT2D eigenvalue weighted by molar-refractivity contribution is 0.586. The quantitative estimate of drug-likeness (QED) is 0.644. The first-order chi connectivity index (χ1) is 11.6. The number of hydrogen-bond donors (Lipinski definition) is 1. The summed E-state index contributed by atoms with van der Waals surface area (Å²) < 4.78 is 2.69. The Kier molecular flexibility index (Phi) is 4.04. The first-order valence-corrected chi connectivity index (χ1v) is 8.64. The summed E-state index contributed by atoms with van der Waals surface area (Å²) in [4.78, 5) is 0. The van der Waals surface area contributed by atoms with E-state index >= 15 is 0 Å². The summed E-state index contributed by atoms with van der Waals surface area (Å²) in [5.41, 5.74) is 2.81. The third-order valence-corrected chi connectivity index (χ3v) is 4.80. The Morgan fingerprint density at radius 1 is 1.12 bits per heavy atom. The zero-order chi connectivity index (χ0) is 16.7. The molecular weight excluding hydrogens is 413 g/mol. The number of aromatic nitrogens is 4. The van der Waals surface area contributed by atoms with Gasteiger partial charge in [-0.15, -0.1) is 0 Å². The number of nitrogens with zero attached hydrogens (tertiary/aromatic N) is 4. The summed E-state index contributed by atoms with van der Waals surface area (Å²) in [6.45, 7) is 0. The molecule has 0 aliphatic carbocycles. The highest BCUT2D eigenvalue weighted by Crippen LogP contribution is 2.36. The molecule has 1 aliphatic heterocycles. The van der Waals surface area contributed by atoms with Crippen molar-refractivity contribution in [2.75, 3.05) is 5.32 Å². The summed E-state index contributed by atoms with van der Waals surface area (Å²) in [5, 5.41) is 16.3. The number of allylic oxidation sites excluding steroid dienone is 1. The van der Waals surface area contributed by atoms with Crippen molar-refractivity contribution < 1.29 is 0 Å². The standard InChI is InChI=1S/C16H10BrCl2N5/c17-10-3-1-2-9(6-10)14-8-15(24-16(20-14)21-22-23-24)12-5-4-11(18)7-13(12)19/h1-8,15H,(H,20,21,23). The first kappa shape index (κ1) is 15.6. The van der Waals surface area contributed by atoms with Gasteiger partial charge in [0, 0.05) is 20.2 Å². The van der Waals surface area contributed by atoms with Crippen molar-refractivity contribution in [3.8, 4) is 0 Å². The Morgan fingerprint density at radius 3 is 2.79 bits per heavy atom. The second kappa shape index (κ2) is 6.20. The van der Waals surface area contributed by atoms with Crippen LogP contribution in [0.5, 0.6) is 0 Å². The summed E-state index contributed by atoms with van der Waals surface area (Å²) in [6.07, 6.45) is 2.04. The Hall–Kier alpha value is -1.89. The molecule has 3 aromatic rings. The average molecular weight is 423 g/mol. The minimum absolute atomic E-state index is 0.227. The molecule has 2 heterocycles. The van der Waals surface area contributed by atoms with Gasteiger partial charge in [0.1, 0.15) is 6.04 Å². The number of tetrazole rings is 1. The smallest absolute Gasteiger partial charge is 0.248 e. The zero-order valence-corrected chi connectivity index (χ0v) is 15.2. The van der Waals surface area contributed by atoms with E-state index in [9.17, 15) is 0 Å². The maximum absolute atomic E-state index is 6.39. The van der Waals surface area contributed by atoms with Crippen LogP contribution in [0, 0.1) is 0 Å². The lowest BCUT2D eigenvalue weighted by Gasteiger charge is -2.24. The fourth-order valence-corrected chi connectivity index (χ4v) is 3.56. The van der Waals surface area contributed by atoms with Crippen LogP contribution in [-0.2, 0) is 0 Å². The molecule has 1 unspecified atom stereocenters. The van der Waals surface area contributed by atoms with Crippen molar-refractivity contribution in [1.29, 1.82) is 0 Å². The van der Waals surface area contributed by atoms with E-state index in [0.717, 1.165) is 21.3 Å². The lowest BCUT2D eigenvalue weighted by atomic mass is 10.0. The van der Waals surface area contributed by atoms with Crippen LogP contribution in [0.15, 0.2) is 53.0 Å². The molecule has 120 valence electrons. The van der Waals surface area contributed by atoms with E-state index in [4.69, 9.17) is 23.2 Å². The molecule has 1 atom stereocenters. The summed E-state index contributed by atoms with van der Waals surface area (Å²) in [6, 6.07) is 13.2. The van der Waals surface area contributed by atoms with Crippen molar-refractivity contribution in [3.05, 3.63) is 74.2 Å². The van der Waals surface area contributed by atoms with Crippen LogP contribution in [-0.4, -0.2) is 20.2 Å². The molecule has 4 rings (SSSR count). The van der Waals surface area contributed by atoms with Crippen LogP contribution < -0.4 is 5.32 Å². The fourth-order valence-electron chi connectivity index (χ4n) is 2.64. The van der Waals surface area contributed by atoms with Crippen LogP contribution in [0.25, 0.3) is 5.70 Å². The van der Waals surface area contributed by atoms with E-state index < -0.39 is 0 Å². The predicted molar refractivity (Wildman–Crippen MR) is 98.2 cm³/mol. The van der Waals surface area contributed by atoms with Gasteiger partial charge < -0.3 is 5.32 Å². The molecule has 8 heteroatoms. The summed E-state index contributed by atoms with van der Waals surface area (Å²) in [5.74, 6) is 0.559. The molecule has 0 bridgehead atoms. The third-order valence-electron chi connectivity index (χ3n) is 3.74. The number of hydrogen-bond acceptors (Lipinski definition) is 4. The number of halogens is 3. The van der Waals surface area contributed by atoms with E-state index in [1.807, 2.05) is 36.4 Å². The number of fused-ring (bicyclic) bond motifs is 1. The molecule has 0 saturated heterocycles. The molecule has 0 fully saturated rings. The van der Waals surface area contributed by atoms with Crippen LogP contribution in [0.3, 0.4) is 0 Å². The van der Waals surface area contributed by atoms with Crippen LogP contribution in [0.2, 0.25) is 10.0 Å². The van der Waals surface area contributed by atoms with Gasteiger partial charge in [-0.25, -0.2) is 0 Å². The second-order valence-electron chi connectivity index (χ2n) is 5.27. The molecular formula is C16H10BrCl2N5. The van der Waals surface area contributed by atoms with Crippen molar-refractivity contribution in [2.45, 2.75) is 6.04 Å². The Morgan fingerprint density at radius 2 is 2.00 bits per heavy atom. The molecule has 0 amide bonds. The van der Waals surface area contributed by atoms with Crippen molar-refractivity contribution >= 4 is 50.8 Å². The number of anilines is 1. The molecule has 0 saturated carbocycles. The summed E-state index contributed by atoms with van der Waals surface area (Å²) in [7, 11) is 0. The average Bonchev–Trinajstić information content (AvgIpc) is 3.03. The fraction of sp³-hybridized carbons (Fsp3) is 0.0625. The van der Waals surface area contributed by atoms with Crippen LogP contribution >= 0.6 is 39.1 Å². The van der Waals surface area contributed by atoms with E-state index in [1.165, 1.54) is 0 Å². The van der Waals surface area contributed by atoms with Gasteiger partial charge in [0.25, 0.3) is 0 Å².